The molecule has 1 fully saturated rings. The molecule has 1 saturated heterocycles. The van der Waals surface area contributed by atoms with Gasteiger partial charge in [0.2, 0.25) is 5.91 Å². The van der Waals surface area contributed by atoms with Crippen LogP contribution in [0.1, 0.15) is 26.7 Å². The summed E-state index contributed by atoms with van der Waals surface area (Å²) < 4.78 is 10.5. The molecule has 1 heterocycles. The SMILES string of the molecule is CCOCCOC(C)C(=O)N[C@H]1CCCNC1.Cl. The summed E-state index contributed by atoms with van der Waals surface area (Å²) in [7, 11) is 0. The van der Waals surface area contributed by atoms with Crippen LogP contribution in [-0.4, -0.2) is 51.0 Å². The minimum absolute atomic E-state index is 0. The Bertz CT molecular complexity index is 223. The van der Waals surface area contributed by atoms with E-state index in [2.05, 4.69) is 10.6 Å². The molecule has 1 rings (SSSR count). The normalized spacial score (nSPS) is 20.9. The van der Waals surface area contributed by atoms with Crippen LogP contribution in [0.5, 0.6) is 0 Å². The van der Waals surface area contributed by atoms with Crippen LogP contribution in [0.3, 0.4) is 0 Å². The lowest BCUT2D eigenvalue weighted by Crippen LogP contribution is -2.48. The topological polar surface area (TPSA) is 59.6 Å². The maximum atomic E-state index is 11.8. The van der Waals surface area contributed by atoms with E-state index in [0.29, 0.717) is 19.8 Å². The Hall–Kier alpha value is -0.360. The van der Waals surface area contributed by atoms with Gasteiger partial charge in [0.25, 0.3) is 0 Å². The minimum Gasteiger partial charge on any atom is -0.379 e. The lowest BCUT2D eigenvalue weighted by Gasteiger charge is -2.25. The quantitative estimate of drug-likeness (QED) is 0.675. The summed E-state index contributed by atoms with van der Waals surface area (Å²) in [5.74, 6) is -0.0322. The molecule has 6 heteroatoms. The number of ether oxygens (including phenoxy) is 2. The molecule has 5 nitrogen and oxygen atoms in total. The predicted molar refractivity (Wildman–Crippen MR) is 73.2 cm³/mol. The molecule has 2 atom stereocenters. The summed E-state index contributed by atoms with van der Waals surface area (Å²) in [6, 6.07) is 0.245. The van der Waals surface area contributed by atoms with Crippen molar-refractivity contribution < 1.29 is 14.3 Å². The molecular formula is C12H25ClN2O3. The van der Waals surface area contributed by atoms with Gasteiger partial charge in [-0.25, -0.2) is 0 Å². The highest BCUT2D eigenvalue weighted by atomic mass is 35.5. The molecule has 0 spiro atoms. The van der Waals surface area contributed by atoms with E-state index in [1.165, 1.54) is 0 Å². The van der Waals surface area contributed by atoms with E-state index in [-0.39, 0.29) is 24.4 Å². The van der Waals surface area contributed by atoms with Gasteiger partial charge >= 0.3 is 0 Å². The van der Waals surface area contributed by atoms with E-state index in [4.69, 9.17) is 9.47 Å². The van der Waals surface area contributed by atoms with Gasteiger partial charge < -0.3 is 20.1 Å². The molecule has 0 radical (unpaired) electrons. The molecule has 0 aromatic rings. The largest absolute Gasteiger partial charge is 0.379 e. The molecule has 18 heavy (non-hydrogen) atoms. The smallest absolute Gasteiger partial charge is 0.249 e. The van der Waals surface area contributed by atoms with E-state index < -0.39 is 6.10 Å². The van der Waals surface area contributed by atoms with Crippen LogP contribution in [0.2, 0.25) is 0 Å². The van der Waals surface area contributed by atoms with Crippen molar-refractivity contribution in [2.24, 2.45) is 0 Å². The van der Waals surface area contributed by atoms with Crippen LogP contribution < -0.4 is 10.6 Å². The summed E-state index contributed by atoms with van der Waals surface area (Å²) in [5, 5.41) is 6.26. The lowest BCUT2D eigenvalue weighted by atomic mass is 10.1. The Balaban J connectivity index is 0.00000289. The molecule has 0 bridgehead atoms. The van der Waals surface area contributed by atoms with E-state index in [9.17, 15) is 4.79 Å². The zero-order valence-corrected chi connectivity index (χ0v) is 12.1. The first kappa shape index (κ1) is 17.6. The molecule has 0 aromatic carbocycles. The van der Waals surface area contributed by atoms with Crippen LogP contribution in [-0.2, 0) is 14.3 Å². The number of hydrogen-bond donors (Lipinski definition) is 2. The maximum absolute atomic E-state index is 11.8. The van der Waals surface area contributed by atoms with E-state index in [1.807, 2.05) is 6.92 Å². The van der Waals surface area contributed by atoms with Gasteiger partial charge in [0, 0.05) is 19.2 Å². The van der Waals surface area contributed by atoms with E-state index in [1.54, 1.807) is 6.92 Å². The van der Waals surface area contributed by atoms with Crippen molar-refractivity contribution in [3.05, 3.63) is 0 Å². The first-order chi connectivity index (χ1) is 8.24. The molecule has 0 aromatic heterocycles. The number of hydrogen-bond acceptors (Lipinski definition) is 4. The number of piperidine rings is 1. The fraction of sp³-hybridized carbons (Fsp3) is 0.917. The monoisotopic (exact) mass is 280 g/mol. The second-order valence-electron chi connectivity index (χ2n) is 4.26. The third kappa shape index (κ3) is 7.16. The summed E-state index contributed by atoms with van der Waals surface area (Å²) in [6.45, 7) is 7.30. The van der Waals surface area contributed by atoms with E-state index in [0.717, 1.165) is 25.9 Å². The van der Waals surface area contributed by atoms with Crippen LogP contribution >= 0.6 is 12.4 Å². The average Bonchev–Trinajstić information content (AvgIpc) is 2.35. The van der Waals surface area contributed by atoms with E-state index >= 15 is 0 Å². The standard InChI is InChI=1S/C12H24N2O3.ClH/c1-3-16-7-8-17-10(2)12(15)14-11-5-4-6-13-9-11;/h10-11,13H,3-9H2,1-2H3,(H,14,15);1H/t10?,11-;/m0./s1. The summed E-state index contributed by atoms with van der Waals surface area (Å²) in [4.78, 5) is 11.8. The number of halogens is 1. The van der Waals surface area contributed by atoms with Gasteiger partial charge in [-0.3, -0.25) is 4.79 Å². The highest BCUT2D eigenvalue weighted by Gasteiger charge is 2.19. The molecule has 1 aliphatic rings. The summed E-state index contributed by atoms with van der Waals surface area (Å²) >= 11 is 0. The van der Waals surface area contributed by atoms with Crippen molar-refractivity contribution in [1.29, 1.82) is 0 Å². The second-order valence-corrected chi connectivity index (χ2v) is 4.26. The molecule has 1 amide bonds. The van der Waals surface area contributed by atoms with Gasteiger partial charge in [-0.1, -0.05) is 0 Å². The molecule has 108 valence electrons. The van der Waals surface area contributed by atoms with Gasteiger partial charge in [-0.2, -0.15) is 0 Å². The lowest BCUT2D eigenvalue weighted by molar-refractivity contribution is -0.133. The number of carbonyl (C=O) groups excluding carboxylic acids is 1. The molecule has 1 aliphatic heterocycles. The van der Waals surface area contributed by atoms with Gasteiger partial charge in [0.05, 0.1) is 13.2 Å². The molecule has 2 N–H and O–H groups in total. The molecule has 0 aliphatic carbocycles. The average molecular weight is 281 g/mol. The molecule has 0 saturated carbocycles. The Morgan fingerprint density at radius 2 is 2.28 bits per heavy atom. The van der Waals surface area contributed by atoms with Crippen molar-refractivity contribution in [2.75, 3.05) is 32.9 Å². The Morgan fingerprint density at radius 3 is 2.89 bits per heavy atom. The van der Waals surface area contributed by atoms with Gasteiger partial charge in [0.15, 0.2) is 0 Å². The third-order valence-electron chi connectivity index (χ3n) is 2.81. The zero-order valence-electron chi connectivity index (χ0n) is 11.2. The summed E-state index contributed by atoms with van der Waals surface area (Å²) in [6.07, 6.45) is 1.76. The van der Waals surface area contributed by atoms with Crippen molar-refractivity contribution in [3.8, 4) is 0 Å². The van der Waals surface area contributed by atoms with Crippen LogP contribution in [0, 0.1) is 0 Å². The molecule has 1 unspecified atom stereocenters. The van der Waals surface area contributed by atoms with Gasteiger partial charge in [-0.05, 0) is 33.2 Å². The minimum atomic E-state index is -0.405. The Kier molecular flexibility index (Phi) is 10.3. The van der Waals surface area contributed by atoms with Crippen molar-refractivity contribution in [2.45, 2.75) is 38.8 Å². The first-order valence-electron chi connectivity index (χ1n) is 6.44. The van der Waals surface area contributed by atoms with Crippen LogP contribution in [0.15, 0.2) is 0 Å². The number of carbonyl (C=O) groups is 1. The maximum Gasteiger partial charge on any atom is 0.249 e. The van der Waals surface area contributed by atoms with Gasteiger partial charge in [-0.15, -0.1) is 12.4 Å². The van der Waals surface area contributed by atoms with Crippen molar-refractivity contribution >= 4 is 18.3 Å². The van der Waals surface area contributed by atoms with Crippen molar-refractivity contribution in [3.63, 3.8) is 0 Å². The number of nitrogens with one attached hydrogen (secondary N) is 2. The molecular weight excluding hydrogens is 256 g/mol. The third-order valence-corrected chi connectivity index (χ3v) is 2.81. The van der Waals surface area contributed by atoms with Crippen LogP contribution in [0.4, 0.5) is 0 Å². The fourth-order valence-electron chi connectivity index (χ4n) is 1.80. The predicted octanol–water partition coefficient (Wildman–Crippen LogP) is 0.718. The zero-order chi connectivity index (χ0) is 12.5. The van der Waals surface area contributed by atoms with Gasteiger partial charge in [0.1, 0.15) is 6.10 Å². The first-order valence-corrected chi connectivity index (χ1v) is 6.44. The Labute approximate surface area is 115 Å². The van der Waals surface area contributed by atoms with Crippen LogP contribution in [0.25, 0.3) is 0 Å². The highest BCUT2D eigenvalue weighted by Crippen LogP contribution is 2.02. The second kappa shape index (κ2) is 10.6. The Morgan fingerprint density at radius 1 is 1.50 bits per heavy atom. The van der Waals surface area contributed by atoms with Crippen molar-refractivity contribution in [1.82, 2.24) is 10.6 Å². The number of rotatable bonds is 7. The highest BCUT2D eigenvalue weighted by molar-refractivity contribution is 5.85. The fourth-order valence-corrected chi connectivity index (χ4v) is 1.80. The summed E-state index contributed by atoms with van der Waals surface area (Å²) in [5.41, 5.74) is 0. The number of amides is 1.